The maximum Gasteiger partial charge on any atom is 0.123 e. The predicted molar refractivity (Wildman–Crippen MR) is 81.2 cm³/mol. The number of methoxy groups -OCH3 is 1. The van der Waals surface area contributed by atoms with E-state index in [4.69, 9.17) is 15.9 Å². The highest BCUT2D eigenvalue weighted by atomic mass is 16.5. The van der Waals surface area contributed by atoms with Crippen LogP contribution in [-0.4, -0.2) is 32.1 Å². The van der Waals surface area contributed by atoms with Gasteiger partial charge in [0.15, 0.2) is 0 Å². The van der Waals surface area contributed by atoms with Crippen molar-refractivity contribution in [2.24, 2.45) is 5.73 Å². The zero-order valence-electron chi connectivity index (χ0n) is 12.4. The third-order valence-corrected chi connectivity index (χ3v) is 3.49. The molecule has 1 aromatic rings. The summed E-state index contributed by atoms with van der Waals surface area (Å²) in [7, 11) is 1.72. The van der Waals surface area contributed by atoms with Gasteiger partial charge in [-0.05, 0) is 44.0 Å². The van der Waals surface area contributed by atoms with Crippen LogP contribution in [0.2, 0.25) is 0 Å². The molecule has 0 saturated carbocycles. The van der Waals surface area contributed by atoms with Gasteiger partial charge < -0.3 is 15.4 Å². The smallest absolute Gasteiger partial charge is 0.123 e. The number of rotatable bonds is 7. The molecule has 4 heteroatoms. The molecule has 0 saturated heterocycles. The highest BCUT2D eigenvalue weighted by molar-refractivity contribution is 5.96. The first-order valence-electron chi connectivity index (χ1n) is 6.71. The van der Waals surface area contributed by atoms with Crippen molar-refractivity contribution in [1.29, 1.82) is 5.41 Å². The second-order valence-electron chi connectivity index (χ2n) is 4.86. The topological polar surface area (TPSA) is 62.3 Å². The Morgan fingerprint density at radius 2 is 2.16 bits per heavy atom. The molecular formula is C15H25N3O. The molecule has 0 spiro atoms. The fraction of sp³-hybridized carbons (Fsp3) is 0.533. The number of hydrogen-bond donors (Lipinski definition) is 2. The summed E-state index contributed by atoms with van der Waals surface area (Å²) in [6, 6.07) is 6.51. The molecule has 1 atom stereocenters. The van der Waals surface area contributed by atoms with Gasteiger partial charge in [0.25, 0.3) is 0 Å². The molecule has 3 N–H and O–H groups in total. The third-order valence-electron chi connectivity index (χ3n) is 3.49. The lowest BCUT2D eigenvalue weighted by Gasteiger charge is -2.31. The Kier molecular flexibility index (Phi) is 5.83. The van der Waals surface area contributed by atoms with Gasteiger partial charge in [-0.2, -0.15) is 0 Å². The molecule has 0 aliphatic rings. The highest BCUT2D eigenvalue weighted by Gasteiger charge is 2.14. The average molecular weight is 263 g/mol. The van der Waals surface area contributed by atoms with Gasteiger partial charge in [0.2, 0.25) is 0 Å². The first-order chi connectivity index (χ1) is 9.01. The lowest BCUT2D eigenvalue weighted by atomic mass is 10.1. The summed E-state index contributed by atoms with van der Waals surface area (Å²) in [5.74, 6) is 0.121. The van der Waals surface area contributed by atoms with Crippen molar-refractivity contribution in [1.82, 2.24) is 0 Å². The fourth-order valence-electron chi connectivity index (χ4n) is 2.14. The second-order valence-corrected chi connectivity index (χ2v) is 4.86. The number of ether oxygens (including phenoxy) is 1. The normalized spacial score (nSPS) is 12.2. The van der Waals surface area contributed by atoms with Gasteiger partial charge in [0.05, 0.1) is 6.61 Å². The second kappa shape index (κ2) is 7.14. The Balaban J connectivity index is 3.02. The molecule has 0 fully saturated rings. The molecule has 0 aromatic heterocycles. The van der Waals surface area contributed by atoms with Crippen molar-refractivity contribution in [2.45, 2.75) is 33.2 Å². The molecule has 1 aromatic carbocycles. The Hall–Kier alpha value is -1.55. The first-order valence-corrected chi connectivity index (χ1v) is 6.71. The lowest BCUT2D eigenvalue weighted by Crippen LogP contribution is -2.35. The van der Waals surface area contributed by atoms with Crippen molar-refractivity contribution in [2.75, 3.05) is 25.2 Å². The monoisotopic (exact) mass is 263 g/mol. The van der Waals surface area contributed by atoms with Crippen molar-refractivity contribution in [3.63, 3.8) is 0 Å². The molecule has 0 radical (unpaired) electrons. The summed E-state index contributed by atoms with van der Waals surface area (Å²) >= 11 is 0. The van der Waals surface area contributed by atoms with E-state index in [0.717, 1.165) is 29.8 Å². The maximum atomic E-state index is 7.53. The van der Waals surface area contributed by atoms with Crippen LogP contribution in [0.5, 0.6) is 0 Å². The number of nitrogens with zero attached hydrogens (tertiary/aromatic N) is 1. The predicted octanol–water partition coefficient (Wildman–Crippen LogP) is 2.53. The van der Waals surface area contributed by atoms with Crippen molar-refractivity contribution < 1.29 is 4.74 Å². The summed E-state index contributed by atoms with van der Waals surface area (Å²) in [5.41, 5.74) is 8.56. The van der Waals surface area contributed by atoms with Crippen LogP contribution in [0.1, 0.15) is 31.4 Å². The Bertz CT molecular complexity index is 431. The number of nitrogens with two attached hydrogens (primary N) is 1. The number of nitrogens with one attached hydrogen (secondary N) is 1. The Morgan fingerprint density at radius 3 is 2.63 bits per heavy atom. The molecule has 0 aliphatic carbocycles. The number of nitrogen functional groups attached to an aromatic ring is 1. The number of benzene rings is 1. The zero-order chi connectivity index (χ0) is 14.4. The Morgan fingerprint density at radius 1 is 1.47 bits per heavy atom. The van der Waals surface area contributed by atoms with E-state index >= 15 is 0 Å². The molecule has 1 rings (SSSR count). The van der Waals surface area contributed by atoms with E-state index < -0.39 is 0 Å². The van der Waals surface area contributed by atoms with Crippen LogP contribution >= 0.6 is 0 Å². The van der Waals surface area contributed by atoms with E-state index in [9.17, 15) is 0 Å². The maximum absolute atomic E-state index is 7.53. The Labute approximate surface area is 116 Å². The van der Waals surface area contributed by atoms with Gasteiger partial charge in [-0.15, -0.1) is 0 Å². The van der Waals surface area contributed by atoms with Crippen LogP contribution in [0.15, 0.2) is 18.2 Å². The van der Waals surface area contributed by atoms with Gasteiger partial charge in [-0.3, -0.25) is 5.41 Å². The van der Waals surface area contributed by atoms with Crippen LogP contribution in [0.25, 0.3) is 0 Å². The van der Waals surface area contributed by atoms with Crippen molar-refractivity contribution in [3.05, 3.63) is 29.3 Å². The van der Waals surface area contributed by atoms with Crippen LogP contribution in [0, 0.1) is 12.3 Å². The fourth-order valence-corrected chi connectivity index (χ4v) is 2.14. The van der Waals surface area contributed by atoms with Gasteiger partial charge in [-0.1, -0.05) is 6.92 Å². The lowest BCUT2D eigenvalue weighted by molar-refractivity contribution is 0.203. The van der Waals surface area contributed by atoms with Crippen molar-refractivity contribution in [3.8, 4) is 0 Å². The molecule has 1 unspecified atom stereocenters. The number of amidine groups is 1. The van der Waals surface area contributed by atoms with Gasteiger partial charge in [0, 0.05) is 30.9 Å². The first kappa shape index (κ1) is 15.5. The van der Waals surface area contributed by atoms with E-state index in [0.29, 0.717) is 12.6 Å². The minimum atomic E-state index is 0.121. The van der Waals surface area contributed by atoms with Crippen LogP contribution in [0.3, 0.4) is 0 Å². The summed E-state index contributed by atoms with van der Waals surface area (Å²) in [6.45, 7) is 7.96. The average Bonchev–Trinajstić information content (AvgIpc) is 2.38. The van der Waals surface area contributed by atoms with Gasteiger partial charge in [0.1, 0.15) is 5.84 Å². The van der Waals surface area contributed by atoms with Crippen LogP contribution in [0.4, 0.5) is 5.69 Å². The van der Waals surface area contributed by atoms with Gasteiger partial charge in [-0.25, -0.2) is 0 Å². The zero-order valence-corrected chi connectivity index (χ0v) is 12.4. The molecule has 0 heterocycles. The van der Waals surface area contributed by atoms with E-state index in [-0.39, 0.29) is 5.84 Å². The van der Waals surface area contributed by atoms with E-state index in [2.05, 4.69) is 24.8 Å². The SMILES string of the molecule is CCC(C)N(CCOC)c1ccc(C(=N)N)c(C)c1. The summed E-state index contributed by atoms with van der Waals surface area (Å²) in [6.07, 6.45) is 1.08. The largest absolute Gasteiger partial charge is 0.384 e. The summed E-state index contributed by atoms with van der Waals surface area (Å²) in [4.78, 5) is 2.33. The quantitative estimate of drug-likeness (QED) is 0.587. The molecule has 19 heavy (non-hydrogen) atoms. The van der Waals surface area contributed by atoms with Crippen molar-refractivity contribution >= 4 is 11.5 Å². The van der Waals surface area contributed by atoms with Gasteiger partial charge >= 0.3 is 0 Å². The van der Waals surface area contributed by atoms with E-state index in [1.54, 1.807) is 7.11 Å². The molecule has 4 nitrogen and oxygen atoms in total. The molecule has 0 aliphatic heterocycles. The molecular weight excluding hydrogens is 238 g/mol. The number of aryl methyl sites for hydroxylation is 1. The van der Waals surface area contributed by atoms with E-state index in [1.165, 1.54) is 0 Å². The summed E-state index contributed by atoms with van der Waals surface area (Å²) < 4.78 is 5.18. The standard InChI is InChI=1S/C15H25N3O/c1-5-12(3)18(8-9-19-4)13-6-7-14(15(16)17)11(2)10-13/h6-7,10,12H,5,8-9H2,1-4H3,(H3,16,17). The van der Waals surface area contributed by atoms with E-state index in [1.807, 2.05) is 19.1 Å². The summed E-state index contributed by atoms with van der Waals surface area (Å²) in [5, 5.41) is 7.53. The minimum absolute atomic E-state index is 0.121. The molecule has 0 bridgehead atoms. The molecule has 0 amide bonds. The van der Waals surface area contributed by atoms with Crippen LogP contribution in [-0.2, 0) is 4.74 Å². The highest BCUT2D eigenvalue weighted by Crippen LogP contribution is 2.22. The third kappa shape index (κ3) is 3.96. The number of hydrogen-bond acceptors (Lipinski definition) is 3. The number of anilines is 1. The van der Waals surface area contributed by atoms with Crippen LogP contribution < -0.4 is 10.6 Å². The minimum Gasteiger partial charge on any atom is -0.384 e. The molecule has 106 valence electrons.